The molecular weight excluding hydrogens is 456 g/mol. The number of halogens is 1. The first-order valence-corrected chi connectivity index (χ1v) is 11.4. The fraction of sp³-hybridized carbons (Fsp3) is 0.0833. The zero-order valence-electron chi connectivity index (χ0n) is 16.1. The van der Waals surface area contributed by atoms with Crippen molar-refractivity contribution < 1.29 is 0 Å². The zero-order chi connectivity index (χ0) is 20.3. The summed E-state index contributed by atoms with van der Waals surface area (Å²) in [5.41, 5.74) is 3.47. The van der Waals surface area contributed by atoms with Gasteiger partial charge in [-0.05, 0) is 29.1 Å². The molecule has 0 spiro atoms. The van der Waals surface area contributed by atoms with Crippen LogP contribution in [0.15, 0.2) is 82.9 Å². The van der Waals surface area contributed by atoms with E-state index < -0.39 is 0 Å². The SMILES string of the molecule is Brc1ccc(-c2csc3ncnc(NCCNc4cccc5ccccc45)c23)cc1. The van der Waals surface area contributed by atoms with E-state index in [1.165, 1.54) is 10.8 Å². The Morgan fingerprint density at radius 1 is 0.833 bits per heavy atom. The Labute approximate surface area is 187 Å². The number of nitrogens with zero attached hydrogens (tertiary/aromatic N) is 2. The van der Waals surface area contributed by atoms with Crippen LogP contribution in [0.3, 0.4) is 0 Å². The van der Waals surface area contributed by atoms with Gasteiger partial charge in [0.1, 0.15) is 17.0 Å². The Balaban J connectivity index is 1.34. The molecule has 0 fully saturated rings. The zero-order valence-corrected chi connectivity index (χ0v) is 18.5. The van der Waals surface area contributed by atoms with Crippen LogP contribution in [0.5, 0.6) is 0 Å². The molecule has 0 saturated heterocycles. The topological polar surface area (TPSA) is 49.8 Å². The average molecular weight is 475 g/mol. The smallest absolute Gasteiger partial charge is 0.138 e. The summed E-state index contributed by atoms with van der Waals surface area (Å²) in [7, 11) is 0. The number of hydrogen-bond acceptors (Lipinski definition) is 5. The normalized spacial score (nSPS) is 11.1. The van der Waals surface area contributed by atoms with Gasteiger partial charge in [0.15, 0.2) is 0 Å². The third-order valence-corrected chi connectivity index (χ3v) is 6.46. The number of rotatable bonds is 6. The second-order valence-electron chi connectivity index (χ2n) is 6.94. The fourth-order valence-electron chi connectivity index (χ4n) is 3.61. The number of anilines is 2. The van der Waals surface area contributed by atoms with Gasteiger partial charge in [-0.2, -0.15) is 0 Å². The van der Waals surface area contributed by atoms with Crippen molar-refractivity contribution in [2.24, 2.45) is 0 Å². The van der Waals surface area contributed by atoms with Crippen LogP contribution in [0.4, 0.5) is 11.5 Å². The molecule has 30 heavy (non-hydrogen) atoms. The number of fused-ring (bicyclic) bond motifs is 2. The Morgan fingerprint density at radius 3 is 2.53 bits per heavy atom. The minimum atomic E-state index is 0.755. The molecule has 2 heterocycles. The van der Waals surface area contributed by atoms with Gasteiger partial charge < -0.3 is 10.6 Å². The summed E-state index contributed by atoms with van der Waals surface area (Å²) in [5.74, 6) is 0.874. The highest BCUT2D eigenvalue weighted by molar-refractivity contribution is 9.10. The lowest BCUT2D eigenvalue weighted by molar-refractivity contribution is 1.06. The summed E-state index contributed by atoms with van der Waals surface area (Å²) in [5, 5.41) is 12.8. The summed E-state index contributed by atoms with van der Waals surface area (Å²) in [6, 6.07) is 23.1. The Bertz CT molecular complexity index is 1310. The molecule has 6 heteroatoms. The van der Waals surface area contributed by atoms with E-state index in [9.17, 15) is 0 Å². The van der Waals surface area contributed by atoms with Crippen molar-refractivity contribution in [3.8, 4) is 11.1 Å². The van der Waals surface area contributed by atoms with Gasteiger partial charge in [-0.1, -0.05) is 64.5 Å². The predicted octanol–water partition coefficient (Wildman–Crippen LogP) is 6.80. The summed E-state index contributed by atoms with van der Waals surface area (Å²) in [6.07, 6.45) is 1.63. The maximum atomic E-state index is 4.52. The molecule has 0 aliphatic carbocycles. The second kappa shape index (κ2) is 8.42. The molecule has 5 aromatic rings. The lowest BCUT2D eigenvalue weighted by Gasteiger charge is -2.12. The molecule has 2 aromatic heterocycles. The average Bonchev–Trinajstić information content (AvgIpc) is 3.22. The van der Waals surface area contributed by atoms with Gasteiger partial charge in [-0.3, -0.25) is 0 Å². The van der Waals surface area contributed by atoms with Crippen LogP contribution < -0.4 is 10.6 Å². The molecule has 0 aliphatic rings. The van der Waals surface area contributed by atoms with Crippen molar-refractivity contribution in [1.82, 2.24) is 9.97 Å². The molecule has 0 atom stereocenters. The largest absolute Gasteiger partial charge is 0.383 e. The molecule has 0 saturated carbocycles. The van der Waals surface area contributed by atoms with E-state index in [-0.39, 0.29) is 0 Å². The summed E-state index contributed by atoms with van der Waals surface area (Å²) in [6.45, 7) is 1.54. The van der Waals surface area contributed by atoms with Crippen molar-refractivity contribution >= 4 is 59.8 Å². The first-order valence-electron chi connectivity index (χ1n) is 9.73. The standard InChI is InChI=1S/C24H19BrN4S/c25-18-10-8-17(9-11-18)20-14-30-24-22(20)23(28-15-29-24)27-13-12-26-21-7-3-5-16-4-1-2-6-19(16)21/h1-11,14-15,26H,12-13H2,(H,27,28,29). The molecule has 0 unspecified atom stereocenters. The molecule has 0 aliphatic heterocycles. The van der Waals surface area contributed by atoms with Gasteiger partial charge in [-0.15, -0.1) is 11.3 Å². The van der Waals surface area contributed by atoms with Gasteiger partial charge in [0, 0.05) is 39.6 Å². The van der Waals surface area contributed by atoms with Gasteiger partial charge in [-0.25, -0.2) is 9.97 Å². The van der Waals surface area contributed by atoms with E-state index in [1.54, 1.807) is 17.7 Å². The predicted molar refractivity (Wildman–Crippen MR) is 131 cm³/mol. The van der Waals surface area contributed by atoms with Crippen molar-refractivity contribution in [2.45, 2.75) is 0 Å². The summed E-state index contributed by atoms with van der Waals surface area (Å²) >= 11 is 5.15. The quantitative estimate of drug-likeness (QED) is 0.265. The van der Waals surface area contributed by atoms with E-state index >= 15 is 0 Å². The Hall–Kier alpha value is -2.96. The molecule has 0 radical (unpaired) electrons. The molecule has 5 rings (SSSR count). The molecule has 0 bridgehead atoms. The van der Waals surface area contributed by atoms with E-state index in [1.807, 2.05) is 0 Å². The Morgan fingerprint density at radius 2 is 1.63 bits per heavy atom. The first-order chi connectivity index (χ1) is 14.8. The lowest BCUT2D eigenvalue weighted by Crippen LogP contribution is -2.14. The van der Waals surface area contributed by atoms with Crippen LogP contribution in [0.25, 0.3) is 32.1 Å². The number of benzene rings is 3. The minimum Gasteiger partial charge on any atom is -0.383 e. The van der Waals surface area contributed by atoms with E-state index in [2.05, 4.69) is 109 Å². The lowest BCUT2D eigenvalue weighted by atomic mass is 10.1. The molecule has 0 amide bonds. The van der Waals surface area contributed by atoms with Crippen molar-refractivity contribution in [1.29, 1.82) is 0 Å². The third kappa shape index (κ3) is 3.76. The molecule has 148 valence electrons. The maximum Gasteiger partial charge on any atom is 0.138 e. The fourth-order valence-corrected chi connectivity index (χ4v) is 4.79. The number of hydrogen-bond donors (Lipinski definition) is 2. The second-order valence-corrected chi connectivity index (χ2v) is 8.71. The van der Waals surface area contributed by atoms with Crippen molar-refractivity contribution in [3.63, 3.8) is 0 Å². The highest BCUT2D eigenvalue weighted by atomic mass is 79.9. The van der Waals surface area contributed by atoms with E-state index in [0.717, 1.165) is 50.4 Å². The highest BCUT2D eigenvalue weighted by Gasteiger charge is 2.13. The van der Waals surface area contributed by atoms with E-state index in [0.29, 0.717) is 0 Å². The van der Waals surface area contributed by atoms with Crippen LogP contribution in [0.1, 0.15) is 0 Å². The molecular formula is C24H19BrN4S. The molecule has 4 nitrogen and oxygen atoms in total. The van der Waals surface area contributed by atoms with Crippen LogP contribution >= 0.6 is 27.3 Å². The number of nitrogens with one attached hydrogen (secondary N) is 2. The summed E-state index contributed by atoms with van der Waals surface area (Å²) < 4.78 is 1.07. The van der Waals surface area contributed by atoms with Gasteiger partial charge >= 0.3 is 0 Å². The van der Waals surface area contributed by atoms with Crippen LogP contribution in [-0.2, 0) is 0 Å². The summed E-state index contributed by atoms with van der Waals surface area (Å²) in [4.78, 5) is 9.98. The van der Waals surface area contributed by atoms with Gasteiger partial charge in [0.2, 0.25) is 0 Å². The van der Waals surface area contributed by atoms with Gasteiger partial charge in [0.25, 0.3) is 0 Å². The highest BCUT2D eigenvalue weighted by Crippen LogP contribution is 2.36. The molecule has 2 N–H and O–H groups in total. The van der Waals surface area contributed by atoms with Crippen LogP contribution in [0, 0.1) is 0 Å². The third-order valence-electron chi connectivity index (χ3n) is 5.05. The van der Waals surface area contributed by atoms with Crippen LogP contribution in [0.2, 0.25) is 0 Å². The maximum absolute atomic E-state index is 4.52. The Kier molecular flexibility index (Phi) is 5.34. The number of aromatic nitrogens is 2. The van der Waals surface area contributed by atoms with Crippen molar-refractivity contribution in [3.05, 3.63) is 82.9 Å². The van der Waals surface area contributed by atoms with Crippen LogP contribution in [-0.4, -0.2) is 23.1 Å². The van der Waals surface area contributed by atoms with E-state index in [4.69, 9.17) is 0 Å². The van der Waals surface area contributed by atoms with Crippen molar-refractivity contribution in [2.75, 3.05) is 23.7 Å². The monoisotopic (exact) mass is 474 g/mol. The number of thiophene rings is 1. The van der Waals surface area contributed by atoms with Gasteiger partial charge in [0.05, 0.1) is 5.39 Å². The first kappa shape index (κ1) is 19.0. The molecule has 3 aromatic carbocycles. The minimum absolute atomic E-state index is 0.755.